The van der Waals surface area contributed by atoms with Crippen LogP contribution in [-0.4, -0.2) is 61.0 Å². The molecular formula is C36H37NO7. The van der Waals surface area contributed by atoms with Crippen LogP contribution in [0.3, 0.4) is 0 Å². The number of methoxy groups -OCH3 is 1. The molecular weight excluding hydrogens is 558 g/mol. The Balaban J connectivity index is 0.000000340. The summed E-state index contributed by atoms with van der Waals surface area (Å²) in [6.07, 6.45) is 3.75. The molecule has 0 bridgehead atoms. The van der Waals surface area contributed by atoms with Gasteiger partial charge in [-0.1, -0.05) is 54.5 Å². The highest BCUT2D eigenvalue weighted by Crippen LogP contribution is 2.44. The van der Waals surface area contributed by atoms with Crippen LogP contribution in [0, 0.1) is 24.2 Å². The molecule has 0 fully saturated rings. The van der Waals surface area contributed by atoms with Crippen molar-refractivity contribution < 1.29 is 33.7 Å². The van der Waals surface area contributed by atoms with Crippen LogP contribution in [0.5, 0.6) is 0 Å². The van der Waals surface area contributed by atoms with Gasteiger partial charge in [-0.15, -0.1) is 6.42 Å². The Labute approximate surface area is 258 Å². The van der Waals surface area contributed by atoms with Crippen molar-refractivity contribution in [2.75, 3.05) is 20.3 Å². The average molecular weight is 596 g/mol. The number of alkyl carbamates (subject to hydrolysis) is 1. The average Bonchev–Trinajstić information content (AvgIpc) is 3.31. The highest BCUT2D eigenvalue weighted by Gasteiger charge is 2.32. The third-order valence-corrected chi connectivity index (χ3v) is 6.67. The van der Waals surface area contributed by atoms with Gasteiger partial charge in [-0.05, 0) is 86.1 Å². The number of hydrogen-bond donors (Lipinski definition) is 2. The number of carbonyl (C=O) groups excluding carboxylic acids is 2. The number of ketones is 1. The molecule has 8 heteroatoms. The van der Waals surface area contributed by atoms with Crippen molar-refractivity contribution >= 4 is 17.8 Å². The molecule has 0 aliphatic heterocycles. The lowest BCUT2D eigenvalue weighted by Gasteiger charge is -2.30. The molecule has 2 atom stereocenters. The Bertz CT molecular complexity index is 1520. The molecule has 228 valence electrons. The number of Topliss-reactive ketones (excluding diaryl/α,β-unsaturated/α-hetero) is 1. The lowest BCUT2D eigenvalue weighted by molar-refractivity contribution is -0.132. The molecule has 1 amide bonds. The van der Waals surface area contributed by atoms with E-state index in [9.17, 15) is 14.4 Å². The predicted molar refractivity (Wildman–Crippen MR) is 168 cm³/mol. The van der Waals surface area contributed by atoms with Crippen LogP contribution < -0.4 is 5.32 Å². The van der Waals surface area contributed by atoms with Gasteiger partial charge in [-0.2, -0.15) is 0 Å². The molecule has 1 aliphatic rings. The quantitative estimate of drug-likeness (QED) is 0.306. The third-order valence-electron chi connectivity index (χ3n) is 6.67. The second-order valence-corrected chi connectivity index (χ2v) is 11.1. The summed E-state index contributed by atoms with van der Waals surface area (Å²) in [6.45, 7) is 7.51. The fourth-order valence-electron chi connectivity index (χ4n) is 4.89. The van der Waals surface area contributed by atoms with Gasteiger partial charge in [-0.3, -0.25) is 4.79 Å². The van der Waals surface area contributed by atoms with E-state index in [-0.39, 0.29) is 30.5 Å². The van der Waals surface area contributed by atoms with Crippen LogP contribution in [0.1, 0.15) is 60.7 Å². The lowest BCUT2D eigenvalue weighted by Crippen LogP contribution is -2.51. The molecule has 1 aliphatic carbocycles. The summed E-state index contributed by atoms with van der Waals surface area (Å²) < 4.78 is 16.4. The minimum atomic E-state index is -0.948. The van der Waals surface area contributed by atoms with Crippen LogP contribution >= 0.6 is 0 Å². The zero-order chi connectivity index (χ0) is 32.3. The summed E-state index contributed by atoms with van der Waals surface area (Å²) in [7, 11) is 1.44. The van der Waals surface area contributed by atoms with Crippen molar-refractivity contribution in [3.05, 3.63) is 95.1 Å². The van der Waals surface area contributed by atoms with Crippen molar-refractivity contribution in [2.45, 2.75) is 51.4 Å². The van der Waals surface area contributed by atoms with E-state index < -0.39 is 29.8 Å². The first-order valence-corrected chi connectivity index (χ1v) is 14.1. The largest absolute Gasteiger partial charge is 0.478 e. The summed E-state index contributed by atoms with van der Waals surface area (Å²) in [5, 5.41) is 11.3. The number of nitrogens with one attached hydrogen (secondary N) is 1. The smallest absolute Gasteiger partial charge is 0.407 e. The summed E-state index contributed by atoms with van der Waals surface area (Å²) in [4.78, 5) is 35.6. The zero-order valence-corrected chi connectivity index (χ0v) is 25.5. The number of ether oxygens (including phenoxy) is 3. The molecule has 8 nitrogen and oxygen atoms in total. The molecule has 2 N–H and O–H groups in total. The van der Waals surface area contributed by atoms with Crippen molar-refractivity contribution in [3.8, 4) is 35.3 Å². The highest BCUT2D eigenvalue weighted by molar-refractivity contribution is 5.89. The van der Waals surface area contributed by atoms with Crippen LogP contribution in [0.25, 0.3) is 11.1 Å². The van der Waals surface area contributed by atoms with Gasteiger partial charge in [0.15, 0.2) is 5.78 Å². The standard InChI is InChI=1S/C25H31NO5.C11H6O2/c1-16(31-25(2,3)4)23(22(27)15-29-5)26-24(28)30-14-21-19-12-8-6-10-17(19)18-11-7-9-13-20(18)21;1-2-3-4-9-5-7-10(8-6-9)11(12)13/h6-13,16,21,23H,14-15H2,1-5H3,(H,26,28);1,5-8H,(H,12,13)/t16-,23?;/m1./s1. The Morgan fingerprint density at radius 1 is 0.955 bits per heavy atom. The first-order chi connectivity index (χ1) is 20.9. The minimum absolute atomic E-state index is 0.0467. The number of amides is 1. The predicted octanol–water partition coefficient (Wildman–Crippen LogP) is 5.68. The van der Waals surface area contributed by atoms with E-state index in [1.165, 1.54) is 19.2 Å². The van der Waals surface area contributed by atoms with Crippen LogP contribution in [0.2, 0.25) is 0 Å². The van der Waals surface area contributed by atoms with Crippen LogP contribution in [0.15, 0.2) is 72.8 Å². The van der Waals surface area contributed by atoms with Crippen LogP contribution in [0.4, 0.5) is 4.79 Å². The van der Waals surface area contributed by atoms with Gasteiger partial charge in [0.2, 0.25) is 0 Å². The van der Waals surface area contributed by atoms with Crippen molar-refractivity contribution in [1.82, 2.24) is 5.32 Å². The highest BCUT2D eigenvalue weighted by atomic mass is 16.6. The van der Waals surface area contributed by atoms with Gasteiger partial charge in [0, 0.05) is 18.6 Å². The molecule has 3 aromatic rings. The van der Waals surface area contributed by atoms with Gasteiger partial charge in [0.05, 0.1) is 17.3 Å². The number of hydrogen-bond acceptors (Lipinski definition) is 6. The number of carboxylic acid groups (broad SMARTS) is 1. The molecule has 0 radical (unpaired) electrons. The third kappa shape index (κ3) is 9.31. The molecule has 0 spiro atoms. The second kappa shape index (κ2) is 15.5. The van der Waals surface area contributed by atoms with E-state index in [1.807, 2.05) is 45.0 Å². The van der Waals surface area contributed by atoms with E-state index in [0.29, 0.717) is 5.56 Å². The molecule has 0 saturated heterocycles. The van der Waals surface area contributed by atoms with Gasteiger partial charge in [0.25, 0.3) is 0 Å². The van der Waals surface area contributed by atoms with Gasteiger partial charge in [-0.25, -0.2) is 9.59 Å². The summed E-state index contributed by atoms with van der Waals surface area (Å²) in [5.41, 5.74) is 5.07. The van der Waals surface area contributed by atoms with E-state index >= 15 is 0 Å². The van der Waals surface area contributed by atoms with E-state index in [4.69, 9.17) is 25.7 Å². The number of rotatable bonds is 9. The van der Waals surface area contributed by atoms with Crippen LogP contribution in [-0.2, 0) is 19.0 Å². The maximum Gasteiger partial charge on any atom is 0.407 e. The maximum absolute atomic E-state index is 12.6. The van der Waals surface area contributed by atoms with Crippen molar-refractivity contribution in [2.24, 2.45) is 0 Å². The van der Waals surface area contributed by atoms with Gasteiger partial charge < -0.3 is 24.6 Å². The first-order valence-electron chi connectivity index (χ1n) is 14.1. The maximum atomic E-state index is 12.6. The monoisotopic (exact) mass is 595 g/mol. The number of carbonyl (C=O) groups is 3. The second-order valence-electron chi connectivity index (χ2n) is 11.1. The SMILES string of the molecule is C#CC#Cc1ccc(C(=O)O)cc1.COCC(=O)C(NC(=O)OCC1c2ccccc2-c2ccccc21)[C@@H](C)OC(C)(C)C. The topological polar surface area (TPSA) is 111 Å². The van der Waals surface area contributed by atoms with E-state index in [1.54, 1.807) is 19.1 Å². The zero-order valence-electron chi connectivity index (χ0n) is 25.5. The fraction of sp³-hybridized carbons (Fsp3) is 0.306. The summed E-state index contributed by atoms with van der Waals surface area (Å²) in [6, 6.07) is 21.6. The molecule has 0 saturated carbocycles. The first kappa shape index (κ1) is 33.6. The Kier molecular flexibility index (Phi) is 11.9. The molecule has 44 heavy (non-hydrogen) atoms. The Morgan fingerprint density at radius 3 is 2.02 bits per heavy atom. The van der Waals surface area contributed by atoms with Gasteiger partial charge >= 0.3 is 12.1 Å². The molecule has 3 aromatic carbocycles. The number of carboxylic acids is 1. The Hall–Kier alpha value is -4.89. The molecule has 0 heterocycles. The summed E-state index contributed by atoms with van der Waals surface area (Å²) in [5.74, 6) is 6.04. The molecule has 1 unspecified atom stereocenters. The summed E-state index contributed by atoms with van der Waals surface area (Å²) >= 11 is 0. The number of benzene rings is 3. The number of fused-ring (bicyclic) bond motifs is 3. The fourth-order valence-corrected chi connectivity index (χ4v) is 4.89. The lowest BCUT2D eigenvalue weighted by atomic mass is 9.98. The minimum Gasteiger partial charge on any atom is -0.478 e. The number of terminal acetylenes is 1. The van der Waals surface area contributed by atoms with E-state index in [0.717, 1.165) is 22.3 Å². The van der Waals surface area contributed by atoms with Crippen molar-refractivity contribution in [3.63, 3.8) is 0 Å². The normalized spacial score (nSPS) is 12.9. The van der Waals surface area contributed by atoms with Gasteiger partial charge in [0.1, 0.15) is 19.3 Å². The molecule has 0 aromatic heterocycles. The number of aromatic carboxylic acids is 1. The van der Waals surface area contributed by atoms with Crippen molar-refractivity contribution in [1.29, 1.82) is 0 Å². The Morgan fingerprint density at radius 2 is 1.52 bits per heavy atom. The van der Waals surface area contributed by atoms with E-state index in [2.05, 4.69) is 47.3 Å². The molecule has 4 rings (SSSR count).